The first-order chi connectivity index (χ1) is 9.08. The van der Waals surface area contributed by atoms with E-state index in [1.807, 2.05) is 4.90 Å². The molecule has 1 aliphatic carbocycles. The van der Waals surface area contributed by atoms with Crippen LogP contribution in [0.1, 0.15) is 52.4 Å². The van der Waals surface area contributed by atoms with Crippen LogP contribution in [0.15, 0.2) is 0 Å². The Bertz CT molecular complexity index is 263. The van der Waals surface area contributed by atoms with Gasteiger partial charge in [-0.3, -0.25) is 4.79 Å². The van der Waals surface area contributed by atoms with Crippen molar-refractivity contribution in [2.75, 3.05) is 20.3 Å². The van der Waals surface area contributed by atoms with Crippen LogP contribution in [0, 0.1) is 5.92 Å². The van der Waals surface area contributed by atoms with Crippen molar-refractivity contribution in [1.29, 1.82) is 0 Å². The largest absolute Gasteiger partial charge is 0.383 e. The third-order valence-electron chi connectivity index (χ3n) is 4.33. The molecule has 1 aliphatic rings. The lowest BCUT2D eigenvalue weighted by atomic mass is 9.84. The van der Waals surface area contributed by atoms with Crippen molar-refractivity contribution in [3.63, 3.8) is 0 Å². The van der Waals surface area contributed by atoms with Crippen molar-refractivity contribution < 1.29 is 9.53 Å². The minimum Gasteiger partial charge on any atom is -0.383 e. The van der Waals surface area contributed by atoms with E-state index in [1.165, 1.54) is 0 Å². The summed E-state index contributed by atoms with van der Waals surface area (Å²) < 4.78 is 5.11. The Morgan fingerprint density at radius 1 is 1.37 bits per heavy atom. The summed E-state index contributed by atoms with van der Waals surface area (Å²) >= 11 is 0. The van der Waals surface area contributed by atoms with Crippen LogP contribution in [-0.4, -0.2) is 43.2 Å². The molecule has 0 aromatic rings. The summed E-state index contributed by atoms with van der Waals surface area (Å²) in [6.07, 6.45) is 6.02. The molecule has 0 heterocycles. The second-order valence-corrected chi connectivity index (χ2v) is 5.82. The van der Waals surface area contributed by atoms with Gasteiger partial charge in [0.25, 0.3) is 0 Å². The van der Waals surface area contributed by atoms with Crippen LogP contribution in [0.4, 0.5) is 0 Å². The Labute approximate surface area is 117 Å². The van der Waals surface area contributed by atoms with E-state index in [9.17, 15) is 4.79 Å². The highest BCUT2D eigenvalue weighted by molar-refractivity contribution is 5.76. The van der Waals surface area contributed by atoms with Gasteiger partial charge in [-0.05, 0) is 44.9 Å². The quantitative estimate of drug-likeness (QED) is 0.771. The first kappa shape index (κ1) is 16.4. The third-order valence-corrected chi connectivity index (χ3v) is 4.33. The van der Waals surface area contributed by atoms with Crippen molar-refractivity contribution in [2.24, 2.45) is 11.7 Å². The van der Waals surface area contributed by atoms with E-state index in [4.69, 9.17) is 10.5 Å². The van der Waals surface area contributed by atoms with Crippen molar-refractivity contribution in [3.05, 3.63) is 0 Å². The van der Waals surface area contributed by atoms with E-state index >= 15 is 0 Å². The molecule has 1 unspecified atom stereocenters. The fourth-order valence-electron chi connectivity index (χ4n) is 2.76. The molecule has 1 fully saturated rings. The number of ether oxygens (including phenoxy) is 1. The Balaban J connectivity index is 2.46. The fraction of sp³-hybridized carbons (Fsp3) is 0.933. The highest BCUT2D eigenvalue weighted by Crippen LogP contribution is 2.26. The zero-order valence-corrected chi connectivity index (χ0v) is 12.7. The Morgan fingerprint density at radius 2 is 2.00 bits per heavy atom. The smallest absolute Gasteiger partial charge is 0.223 e. The molecule has 0 radical (unpaired) electrons. The molecule has 1 saturated carbocycles. The van der Waals surface area contributed by atoms with E-state index in [0.29, 0.717) is 37.6 Å². The highest BCUT2D eigenvalue weighted by atomic mass is 16.5. The summed E-state index contributed by atoms with van der Waals surface area (Å²) in [5.41, 5.74) is 5.91. The van der Waals surface area contributed by atoms with Crippen LogP contribution in [0.3, 0.4) is 0 Å². The van der Waals surface area contributed by atoms with Crippen LogP contribution in [0.2, 0.25) is 0 Å². The number of methoxy groups -OCH3 is 1. The molecule has 0 aliphatic heterocycles. The van der Waals surface area contributed by atoms with E-state index in [2.05, 4.69) is 13.8 Å². The van der Waals surface area contributed by atoms with Crippen molar-refractivity contribution >= 4 is 5.91 Å². The molecule has 0 spiro atoms. The number of rotatable bonds is 7. The summed E-state index contributed by atoms with van der Waals surface area (Å²) in [6.45, 7) is 5.56. The number of hydrogen-bond donors (Lipinski definition) is 1. The summed E-state index contributed by atoms with van der Waals surface area (Å²) in [4.78, 5) is 14.4. The molecule has 0 aromatic carbocycles. The van der Waals surface area contributed by atoms with Gasteiger partial charge in [-0.1, -0.05) is 6.92 Å². The second kappa shape index (κ2) is 8.54. The zero-order chi connectivity index (χ0) is 14.3. The van der Waals surface area contributed by atoms with Gasteiger partial charge in [0.05, 0.1) is 6.61 Å². The molecule has 19 heavy (non-hydrogen) atoms. The summed E-state index contributed by atoms with van der Waals surface area (Å²) in [7, 11) is 1.68. The van der Waals surface area contributed by atoms with Gasteiger partial charge in [-0.15, -0.1) is 0 Å². The summed E-state index contributed by atoms with van der Waals surface area (Å²) in [6, 6.07) is 0.652. The van der Waals surface area contributed by atoms with Crippen molar-refractivity contribution in [3.8, 4) is 0 Å². The molecule has 4 nitrogen and oxygen atoms in total. The van der Waals surface area contributed by atoms with Gasteiger partial charge in [-0.2, -0.15) is 0 Å². The minimum absolute atomic E-state index is 0.284. The van der Waals surface area contributed by atoms with Gasteiger partial charge in [0.2, 0.25) is 5.91 Å². The van der Waals surface area contributed by atoms with Gasteiger partial charge in [-0.25, -0.2) is 0 Å². The van der Waals surface area contributed by atoms with Gasteiger partial charge in [0, 0.05) is 32.2 Å². The van der Waals surface area contributed by atoms with Crippen molar-refractivity contribution in [1.82, 2.24) is 4.90 Å². The van der Waals surface area contributed by atoms with E-state index in [0.717, 1.165) is 32.1 Å². The molecule has 2 N–H and O–H groups in total. The zero-order valence-electron chi connectivity index (χ0n) is 12.7. The van der Waals surface area contributed by atoms with Crippen molar-refractivity contribution in [2.45, 2.75) is 64.5 Å². The molecule has 0 saturated heterocycles. The molecule has 1 rings (SSSR count). The van der Waals surface area contributed by atoms with E-state index < -0.39 is 0 Å². The first-order valence-electron chi connectivity index (χ1n) is 7.62. The topological polar surface area (TPSA) is 55.6 Å². The Kier molecular flexibility index (Phi) is 7.39. The predicted octanol–water partition coefficient (Wildman–Crippen LogP) is 2.17. The average molecular weight is 270 g/mol. The first-order valence-corrected chi connectivity index (χ1v) is 7.62. The minimum atomic E-state index is 0.284. The number of amides is 1. The molecule has 112 valence electrons. The van der Waals surface area contributed by atoms with Gasteiger partial charge >= 0.3 is 0 Å². The normalized spacial score (nSPS) is 25.1. The number of nitrogens with two attached hydrogens (primary N) is 1. The molecular formula is C15H30N2O2. The maximum absolute atomic E-state index is 12.4. The van der Waals surface area contributed by atoms with Gasteiger partial charge in [0.15, 0.2) is 0 Å². The lowest BCUT2D eigenvalue weighted by Crippen LogP contribution is -2.41. The summed E-state index contributed by atoms with van der Waals surface area (Å²) in [5, 5.41) is 0. The maximum atomic E-state index is 12.4. The molecule has 4 heteroatoms. The lowest BCUT2D eigenvalue weighted by Gasteiger charge is -2.32. The fourth-order valence-corrected chi connectivity index (χ4v) is 2.76. The average Bonchev–Trinajstić information content (AvgIpc) is 2.41. The third kappa shape index (κ3) is 5.49. The van der Waals surface area contributed by atoms with Gasteiger partial charge in [0.1, 0.15) is 0 Å². The molecule has 1 atom stereocenters. The van der Waals surface area contributed by atoms with Crippen LogP contribution < -0.4 is 5.73 Å². The van der Waals surface area contributed by atoms with E-state index in [-0.39, 0.29) is 5.91 Å². The monoisotopic (exact) mass is 270 g/mol. The highest BCUT2D eigenvalue weighted by Gasteiger charge is 2.25. The predicted molar refractivity (Wildman–Crippen MR) is 77.9 cm³/mol. The molecule has 1 amide bonds. The van der Waals surface area contributed by atoms with E-state index in [1.54, 1.807) is 7.11 Å². The number of carbonyl (C=O) groups is 1. The molecule has 0 aromatic heterocycles. The summed E-state index contributed by atoms with van der Waals surface area (Å²) in [5.74, 6) is 0.813. The Hall–Kier alpha value is -0.610. The van der Waals surface area contributed by atoms with Gasteiger partial charge < -0.3 is 15.4 Å². The number of carbonyl (C=O) groups excluding carboxylic acids is 1. The van der Waals surface area contributed by atoms with Crippen LogP contribution >= 0.6 is 0 Å². The van der Waals surface area contributed by atoms with Crippen LogP contribution in [-0.2, 0) is 9.53 Å². The number of nitrogens with zero attached hydrogens (tertiary/aromatic N) is 1. The molecule has 0 bridgehead atoms. The molecular weight excluding hydrogens is 240 g/mol. The van der Waals surface area contributed by atoms with Crippen LogP contribution in [0.5, 0.6) is 0 Å². The second-order valence-electron chi connectivity index (χ2n) is 5.82. The lowest BCUT2D eigenvalue weighted by molar-refractivity contribution is -0.135. The SMILES string of the molecule is CCC(C)N(CCOC)C(=O)CC1CCC(N)CC1. The van der Waals surface area contributed by atoms with Crippen LogP contribution in [0.25, 0.3) is 0 Å². The maximum Gasteiger partial charge on any atom is 0.223 e. The standard InChI is InChI=1S/C15H30N2O2/c1-4-12(2)17(9-10-19-3)15(18)11-13-5-7-14(16)8-6-13/h12-14H,4-11,16H2,1-3H3. The Morgan fingerprint density at radius 3 is 2.53 bits per heavy atom. The number of hydrogen-bond acceptors (Lipinski definition) is 3.